The van der Waals surface area contributed by atoms with Crippen molar-refractivity contribution < 1.29 is 4.74 Å². The van der Waals surface area contributed by atoms with Crippen molar-refractivity contribution in [1.82, 2.24) is 4.90 Å². The van der Waals surface area contributed by atoms with Crippen molar-refractivity contribution in [3.05, 3.63) is 29.8 Å². The monoisotopic (exact) mass is 274 g/mol. The molecular formula is C17H26N2O. The van der Waals surface area contributed by atoms with Crippen LogP contribution in [-0.2, 0) is 0 Å². The molecule has 0 saturated heterocycles. The number of para-hydroxylation sites is 1. The quantitative estimate of drug-likeness (QED) is 0.917. The lowest BCUT2D eigenvalue weighted by Crippen LogP contribution is -2.43. The fourth-order valence-electron chi connectivity index (χ4n) is 4.08. The summed E-state index contributed by atoms with van der Waals surface area (Å²) in [6.07, 6.45) is 5.02. The van der Waals surface area contributed by atoms with Crippen molar-refractivity contribution in [3.63, 3.8) is 0 Å². The van der Waals surface area contributed by atoms with Crippen molar-refractivity contribution >= 4 is 0 Å². The third kappa shape index (κ3) is 2.45. The lowest BCUT2D eigenvalue weighted by Gasteiger charge is -2.40. The van der Waals surface area contributed by atoms with Crippen LogP contribution in [0.5, 0.6) is 5.75 Å². The Labute approximate surface area is 122 Å². The van der Waals surface area contributed by atoms with Crippen LogP contribution >= 0.6 is 0 Å². The molecule has 110 valence electrons. The Morgan fingerprint density at radius 1 is 1.25 bits per heavy atom. The van der Waals surface area contributed by atoms with Crippen molar-refractivity contribution in [2.45, 2.75) is 44.7 Å². The molecule has 1 saturated carbocycles. The summed E-state index contributed by atoms with van der Waals surface area (Å²) in [5.41, 5.74) is 7.35. The Morgan fingerprint density at radius 2 is 2.10 bits per heavy atom. The minimum Gasteiger partial charge on any atom is -0.493 e. The number of nitrogens with two attached hydrogens (primary N) is 1. The molecule has 1 fully saturated rings. The van der Waals surface area contributed by atoms with E-state index in [1.54, 1.807) is 0 Å². The van der Waals surface area contributed by atoms with Gasteiger partial charge in [0.1, 0.15) is 5.75 Å². The smallest absolute Gasteiger partial charge is 0.124 e. The molecule has 3 unspecified atom stereocenters. The van der Waals surface area contributed by atoms with E-state index in [4.69, 9.17) is 10.5 Å². The predicted octanol–water partition coefficient (Wildman–Crippen LogP) is 2.96. The first-order valence-corrected chi connectivity index (χ1v) is 8.02. The van der Waals surface area contributed by atoms with Crippen LogP contribution in [0.1, 0.15) is 44.2 Å². The summed E-state index contributed by atoms with van der Waals surface area (Å²) < 4.78 is 5.81. The van der Waals surface area contributed by atoms with Gasteiger partial charge in [-0.15, -0.1) is 0 Å². The Bertz CT molecular complexity index is 448. The third-order valence-corrected chi connectivity index (χ3v) is 5.04. The zero-order chi connectivity index (χ0) is 13.9. The minimum absolute atomic E-state index is 0.502. The molecular weight excluding hydrogens is 248 g/mol. The van der Waals surface area contributed by atoms with Gasteiger partial charge in [-0.25, -0.2) is 0 Å². The summed E-state index contributed by atoms with van der Waals surface area (Å²) in [7, 11) is 0. The molecule has 1 aliphatic carbocycles. The molecule has 0 spiro atoms. The van der Waals surface area contributed by atoms with E-state index in [0.717, 1.165) is 31.9 Å². The van der Waals surface area contributed by atoms with Gasteiger partial charge in [0.2, 0.25) is 0 Å². The summed E-state index contributed by atoms with van der Waals surface area (Å²) >= 11 is 0. The number of hydrogen-bond acceptors (Lipinski definition) is 3. The van der Waals surface area contributed by atoms with Crippen LogP contribution in [-0.4, -0.2) is 30.6 Å². The van der Waals surface area contributed by atoms with Crippen molar-refractivity contribution in [1.29, 1.82) is 0 Å². The Hall–Kier alpha value is -1.06. The van der Waals surface area contributed by atoms with E-state index >= 15 is 0 Å². The van der Waals surface area contributed by atoms with Gasteiger partial charge in [0.15, 0.2) is 0 Å². The van der Waals surface area contributed by atoms with E-state index in [1.165, 1.54) is 24.8 Å². The van der Waals surface area contributed by atoms with Gasteiger partial charge in [0.05, 0.1) is 6.61 Å². The Morgan fingerprint density at radius 3 is 2.90 bits per heavy atom. The van der Waals surface area contributed by atoms with Gasteiger partial charge < -0.3 is 10.5 Å². The van der Waals surface area contributed by atoms with E-state index < -0.39 is 0 Å². The average Bonchev–Trinajstić information content (AvgIpc) is 2.97. The van der Waals surface area contributed by atoms with E-state index in [-0.39, 0.29) is 0 Å². The fourth-order valence-corrected chi connectivity index (χ4v) is 4.08. The average molecular weight is 274 g/mol. The molecule has 0 bridgehead atoms. The number of fused-ring (bicyclic) bond motifs is 1. The second-order valence-electron chi connectivity index (χ2n) is 6.02. The van der Waals surface area contributed by atoms with Crippen LogP contribution in [0.4, 0.5) is 0 Å². The number of hydrogen-bond donors (Lipinski definition) is 1. The van der Waals surface area contributed by atoms with Gasteiger partial charge in [0, 0.05) is 24.1 Å². The van der Waals surface area contributed by atoms with E-state index in [0.29, 0.717) is 18.0 Å². The number of rotatable bonds is 4. The molecule has 3 rings (SSSR count). The first-order chi connectivity index (χ1) is 9.85. The largest absolute Gasteiger partial charge is 0.493 e. The van der Waals surface area contributed by atoms with Crippen LogP contribution in [0.3, 0.4) is 0 Å². The molecule has 3 nitrogen and oxygen atoms in total. The summed E-state index contributed by atoms with van der Waals surface area (Å²) in [5.74, 6) is 1.74. The predicted molar refractivity (Wildman–Crippen MR) is 81.9 cm³/mol. The van der Waals surface area contributed by atoms with Crippen LogP contribution in [0.15, 0.2) is 24.3 Å². The third-order valence-electron chi connectivity index (χ3n) is 5.04. The van der Waals surface area contributed by atoms with Gasteiger partial charge in [-0.1, -0.05) is 31.5 Å². The first-order valence-electron chi connectivity index (χ1n) is 8.02. The molecule has 2 N–H and O–H groups in total. The highest BCUT2D eigenvalue weighted by Gasteiger charge is 2.36. The van der Waals surface area contributed by atoms with Crippen molar-refractivity contribution in [3.8, 4) is 5.75 Å². The number of nitrogens with zero attached hydrogens (tertiary/aromatic N) is 1. The van der Waals surface area contributed by atoms with Crippen LogP contribution < -0.4 is 10.5 Å². The standard InChI is InChI=1S/C17H26N2O/c1-2-19(15-8-5-6-13(15)12-18)16-10-11-20-17-9-4-3-7-14(16)17/h3-4,7,9,13,15-16H,2,5-6,8,10-12,18H2,1H3. The van der Waals surface area contributed by atoms with Gasteiger partial charge in [-0.3, -0.25) is 4.90 Å². The molecule has 0 aromatic heterocycles. The summed E-state index contributed by atoms with van der Waals surface area (Å²) in [4.78, 5) is 2.69. The first kappa shape index (κ1) is 13.9. The summed E-state index contributed by atoms with van der Waals surface area (Å²) in [5, 5.41) is 0. The topological polar surface area (TPSA) is 38.5 Å². The lowest BCUT2D eigenvalue weighted by molar-refractivity contribution is 0.0830. The zero-order valence-electron chi connectivity index (χ0n) is 12.4. The highest BCUT2D eigenvalue weighted by atomic mass is 16.5. The second-order valence-corrected chi connectivity index (χ2v) is 6.02. The molecule has 20 heavy (non-hydrogen) atoms. The SMILES string of the molecule is CCN(C1CCOc2ccccc21)C1CCCC1CN. The van der Waals surface area contributed by atoms with Crippen LogP contribution in [0.2, 0.25) is 0 Å². The lowest BCUT2D eigenvalue weighted by atomic mass is 9.94. The molecule has 3 atom stereocenters. The van der Waals surface area contributed by atoms with Gasteiger partial charge in [-0.2, -0.15) is 0 Å². The Balaban J connectivity index is 1.87. The number of ether oxygens (including phenoxy) is 1. The minimum atomic E-state index is 0.502. The molecule has 1 aromatic rings. The maximum absolute atomic E-state index is 5.99. The molecule has 1 heterocycles. The van der Waals surface area contributed by atoms with E-state index in [1.807, 2.05) is 0 Å². The van der Waals surface area contributed by atoms with Crippen molar-refractivity contribution in [2.75, 3.05) is 19.7 Å². The molecule has 1 aromatic carbocycles. The summed E-state index contributed by atoms with van der Waals surface area (Å²) in [6.45, 7) is 5.04. The van der Waals surface area contributed by atoms with E-state index in [2.05, 4.69) is 36.1 Å². The maximum Gasteiger partial charge on any atom is 0.124 e. The maximum atomic E-state index is 5.99. The summed E-state index contributed by atoms with van der Waals surface area (Å²) in [6, 6.07) is 9.68. The highest BCUT2D eigenvalue weighted by Crippen LogP contribution is 2.40. The zero-order valence-corrected chi connectivity index (χ0v) is 12.4. The molecule has 0 radical (unpaired) electrons. The fraction of sp³-hybridized carbons (Fsp3) is 0.647. The van der Waals surface area contributed by atoms with Crippen molar-refractivity contribution in [2.24, 2.45) is 11.7 Å². The van der Waals surface area contributed by atoms with Crippen LogP contribution in [0.25, 0.3) is 0 Å². The normalized spacial score (nSPS) is 29.2. The highest BCUT2D eigenvalue weighted by molar-refractivity contribution is 5.37. The number of benzene rings is 1. The molecule has 3 heteroatoms. The molecule has 1 aliphatic heterocycles. The van der Waals surface area contributed by atoms with E-state index in [9.17, 15) is 0 Å². The van der Waals surface area contributed by atoms with Crippen LogP contribution in [0, 0.1) is 5.92 Å². The second kappa shape index (κ2) is 6.15. The molecule has 2 aliphatic rings. The van der Waals surface area contributed by atoms with Gasteiger partial charge >= 0.3 is 0 Å². The van der Waals surface area contributed by atoms with Gasteiger partial charge in [0.25, 0.3) is 0 Å². The Kier molecular flexibility index (Phi) is 4.27. The van der Waals surface area contributed by atoms with Gasteiger partial charge in [-0.05, 0) is 37.9 Å². The molecule has 0 amide bonds.